The third kappa shape index (κ3) is 1.53. The van der Waals surface area contributed by atoms with Crippen LogP contribution in [0.2, 0.25) is 0 Å². The zero-order chi connectivity index (χ0) is 11.1. The first-order valence-corrected chi connectivity index (χ1v) is 6.18. The third-order valence-corrected chi connectivity index (χ3v) is 4.42. The lowest BCUT2D eigenvalue weighted by Crippen LogP contribution is -2.15. The van der Waals surface area contributed by atoms with E-state index in [0.717, 1.165) is 17.2 Å². The van der Waals surface area contributed by atoms with Gasteiger partial charge in [-0.25, -0.2) is 4.99 Å². The lowest BCUT2D eigenvalue weighted by Gasteiger charge is -2.17. The summed E-state index contributed by atoms with van der Waals surface area (Å²) < 4.78 is 0. The minimum absolute atomic E-state index is 0.307. The van der Waals surface area contributed by atoms with Crippen molar-refractivity contribution < 1.29 is 9.90 Å². The number of hydrogen-bond donors (Lipinski definition) is 1. The summed E-state index contributed by atoms with van der Waals surface area (Å²) in [6.45, 7) is 0. The van der Waals surface area contributed by atoms with Crippen molar-refractivity contribution in [3.8, 4) is 0 Å². The first kappa shape index (κ1) is 9.90. The molecule has 0 aliphatic carbocycles. The predicted molar refractivity (Wildman–Crippen MR) is 64.4 cm³/mol. The number of nitrogens with zero attached hydrogens (tertiary/aromatic N) is 1. The number of hydrogen-bond acceptors (Lipinski definition) is 3. The van der Waals surface area contributed by atoms with Gasteiger partial charge in [-0.15, -0.1) is 0 Å². The molecule has 2 atom stereocenters. The summed E-state index contributed by atoms with van der Waals surface area (Å²) in [5, 5.41) is 9.70. The highest BCUT2D eigenvalue weighted by Gasteiger charge is 2.37. The molecule has 2 heterocycles. The molecule has 1 aromatic rings. The van der Waals surface area contributed by atoms with Crippen LogP contribution in [0.15, 0.2) is 29.3 Å². The topological polar surface area (TPSA) is 49.7 Å². The van der Waals surface area contributed by atoms with Crippen LogP contribution in [0, 0.1) is 5.92 Å². The number of rotatable bonds is 1. The number of aliphatic carboxylic acids is 1. The Hall–Kier alpha value is -1.29. The Morgan fingerprint density at radius 2 is 2.25 bits per heavy atom. The van der Waals surface area contributed by atoms with E-state index in [1.54, 1.807) is 0 Å². The normalized spacial score (nSPS) is 26.9. The standard InChI is InChI=1S/C12H11NO2S/c14-12(15)10-6-8-5-7-3-1-2-4-9(7)13-11(8)16-10/h1-4,8,10H,5-6H2,(H,14,15). The molecule has 3 nitrogen and oxygen atoms in total. The Morgan fingerprint density at radius 1 is 1.44 bits per heavy atom. The fourth-order valence-electron chi connectivity index (χ4n) is 2.27. The SMILES string of the molecule is O=C(O)C1CC2Cc3ccccc3N=C2S1. The van der Waals surface area contributed by atoms with Gasteiger partial charge in [0.2, 0.25) is 0 Å². The van der Waals surface area contributed by atoms with E-state index < -0.39 is 5.97 Å². The lowest BCUT2D eigenvalue weighted by atomic mass is 9.93. The second-order valence-electron chi connectivity index (χ2n) is 4.16. The zero-order valence-corrected chi connectivity index (χ0v) is 9.41. The number of carboxylic acid groups (broad SMARTS) is 1. The fourth-order valence-corrected chi connectivity index (χ4v) is 3.51. The van der Waals surface area contributed by atoms with Gasteiger partial charge in [-0.3, -0.25) is 4.79 Å². The van der Waals surface area contributed by atoms with Crippen molar-refractivity contribution in [3.05, 3.63) is 29.8 Å². The minimum atomic E-state index is -0.717. The van der Waals surface area contributed by atoms with Gasteiger partial charge in [-0.2, -0.15) is 0 Å². The van der Waals surface area contributed by atoms with Crippen LogP contribution in [-0.4, -0.2) is 21.4 Å². The Morgan fingerprint density at radius 3 is 3.06 bits per heavy atom. The van der Waals surface area contributed by atoms with Gasteiger partial charge in [-0.1, -0.05) is 30.0 Å². The largest absolute Gasteiger partial charge is 0.480 e. The van der Waals surface area contributed by atoms with E-state index in [4.69, 9.17) is 5.11 Å². The molecule has 0 amide bonds. The Labute approximate surface area is 97.6 Å². The maximum absolute atomic E-state index is 10.9. The van der Waals surface area contributed by atoms with Gasteiger partial charge in [0.1, 0.15) is 5.25 Å². The van der Waals surface area contributed by atoms with Crippen molar-refractivity contribution in [2.75, 3.05) is 0 Å². The summed E-state index contributed by atoms with van der Waals surface area (Å²) in [4.78, 5) is 15.5. The molecule has 1 fully saturated rings. The average molecular weight is 233 g/mol. The monoisotopic (exact) mass is 233 g/mol. The number of carboxylic acids is 1. The van der Waals surface area contributed by atoms with Crippen LogP contribution in [0.25, 0.3) is 0 Å². The van der Waals surface area contributed by atoms with Crippen molar-refractivity contribution in [2.45, 2.75) is 18.1 Å². The average Bonchev–Trinajstić information content (AvgIpc) is 2.68. The molecule has 82 valence electrons. The summed E-state index contributed by atoms with van der Waals surface area (Å²) in [6.07, 6.45) is 1.65. The summed E-state index contributed by atoms with van der Waals surface area (Å²) >= 11 is 1.42. The third-order valence-electron chi connectivity index (χ3n) is 3.07. The molecular formula is C12H11NO2S. The van der Waals surface area contributed by atoms with Crippen molar-refractivity contribution in [2.24, 2.45) is 10.9 Å². The second-order valence-corrected chi connectivity index (χ2v) is 5.38. The first-order chi connectivity index (χ1) is 7.74. The number of fused-ring (bicyclic) bond motifs is 2. The van der Waals surface area contributed by atoms with Gasteiger partial charge in [0.15, 0.2) is 0 Å². The van der Waals surface area contributed by atoms with Gasteiger partial charge >= 0.3 is 5.97 Å². The van der Waals surface area contributed by atoms with Gasteiger partial charge in [-0.05, 0) is 24.5 Å². The van der Waals surface area contributed by atoms with Crippen molar-refractivity contribution in [3.63, 3.8) is 0 Å². The Bertz CT molecular complexity index is 484. The van der Waals surface area contributed by atoms with Crippen LogP contribution in [0.3, 0.4) is 0 Å². The predicted octanol–water partition coefficient (Wildman–Crippen LogP) is 2.48. The van der Waals surface area contributed by atoms with Gasteiger partial charge in [0.05, 0.1) is 10.7 Å². The highest BCUT2D eigenvalue weighted by molar-refractivity contribution is 8.15. The van der Waals surface area contributed by atoms with E-state index >= 15 is 0 Å². The van der Waals surface area contributed by atoms with E-state index in [1.807, 2.05) is 18.2 Å². The molecule has 2 unspecified atom stereocenters. The van der Waals surface area contributed by atoms with E-state index in [0.29, 0.717) is 12.3 Å². The van der Waals surface area contributed by atoms with Crippen LogP contribution >= 0.6 is 11.8 Å². The summed E-state index contributed by atoms with van der Waals surface area (Å²) in [6, 6.07) is 8.05. The number of para-hydroxylation sites is 1. The molecular weight excluding hydrogens is 222 g/mol. The molecule has 2 aliphatic rings. The number of aliphatic imine (C=N–C) groups is 1. The lowest BCUT2D eigenvalue weighted by molar-refractivity contribution is -0.136. The highest BCUT2D eigenvalue weighted by Crippen LogP contribution is 2.42. The van der Waals surface area contributed by atoms with Crippen LogP contribution in [-0.2, 0) is 11.2 Å². The van der Waals surface area contributed by atoms with E-state index in [2.05, 4.69) is 11.1 Å². The molecule has 0 aromatic heterocycles. The van der Waals surface area contributed by atoms with Crippen LogP contribution in [0.5, 0.6) is 0 Å². The van der Waals surface area contributed by atoms with Crippen LogP contribution in [0.1, 0.15) is 12.0 Å². The smallest absolute Gasteiger partial charge is 0.317 e. The molecule has 0 saturated carbocycles. The first-order valence-electron chi connectivity index (χ1n) is 5.30. The van der Waals surface area contributed by atoms with Crippen molar-refractivity contribution >= 4 is 28.5 Å². The molecule has 1 saturated heterocycles. The summed E-state index contributed by atoms with van der Waals surface area (Å²) in [7, 11) is 0. The van der Waals surface area contributed by atoms with Crippen LogP contribution < -0.4 is 0 Å². The molecule has 2 aliphatic heterocycles. The highest BCUT2D eigenvalue weighted by atomic mass is 32.2. The van der Waals surface area contributed by atoms with Gasteiger partial charge in [0, 0.05) is 5.92 Å². The fraction of sp³-hybridized carbons (Fsp3) is 0.333. The Balaban J connectivity index is 1.93. The molecule has 1 N–H and O–H groups in total. The summed E-state index contributed by atoms with van der Waals surface area (Å²) in [5.41, 5.74) is 2.25. The molecule has 16 heavy (non-hydrogen) atoms. The van der Waals surface area contributed by atoms with Crippen molar-refractivity contribution in [1.29, 1.82) is 0 Å². The number of carbonyl (C=O) groups is 1. The summed E-state index contributed by atoms with van der Waals surface area (Å²) in [5.74, 6) is -0.396. The van der Waals surface area contributed by atoms with Gasteiger partial charge in [0.25, 0.3) is 0 Å². The van der Waals surface area contributed by atoms with E-state index in [1.165, 1.54) is 17.3 Å². The van der Waals surface area contributed by atoms with Crippen molar-refractivity contribution in [1.82, 2.24) is 0 Å². The zero-order valence-electron chi connectivity index (χ0n) is 8.59. The minimum Gasteiger partial charge on any atom is -0.480 e. The van der Waals surface area contributed by atoms with Gasteiger partial charge < -0.3 is 5.11 Å². The van der Waals surface area contributed by atoms with E-state index in [-0.39, 0.29) is 5.25 Å². The molecule has 3 rings (SSSR count). The number of thioether (sulfide) groups is 1. The molecule has 0 radical (unpaired) electrons. The molecule has 4 heteroatoms. The van der Waals surface area contributed by atoms with Crippen LogP contribution in [0.4, 0.5) is 5.69 Å². The maximum atomic E-state index is 10.9. The molecule has 0 bridgehead atoms. The maximum Gasteiger partial charge on any atom is 0.317 e. The molecule has 0 spiro atoms. The number of benzene rings is 1. The van der Waals surface area contributed by atoms with E-state index in [9.17, 15) is 4.79 Å². The molecule has 1 aromatic carbocycles. The Kier molecular flexibility index (Phi) is 2.24. The quantitative estimate of drug-likeness (QED) is 0.810. The second kappa shape index (κ2) is 3.63.